The monoisotopic (exact) mass is 344 g/mol. The number of fused-ring (bicyclic) bond motifs is 1. The Morgan fingerprint density at radius 3 is 2.64 bits per heavy atom. The van der Waals surface area contributed by atoms with Crippen molar-refractivity contribution in [3.8, 4) is 0 Å². The third kappa shape index (κ3) is 4.00. The molecule has 0 aromatic carbocycles. The van der Waals surface area contributed by atoms with Gasteiger partial charge in [-0.05, 0) is 52.8 Å². The first-order chi connectivity index (χ1) is 12.1. The van der Waals surface area contributed by atoms with Crippen LogP contribution in [0.15, 0.2) is 10.6 Å². The van der Waals surface area contributed by atoms with Gasteiger partial charge >= 0.3 is 0 Å². The molecule has 6 heteroatoms. The van der Waals surface area contributed by atoms with E-state index in [-0.39, 0.29) is 5.91 Å². The van der Waals surface area contributed by atoms with Crippen LogP contribution in [0.25, 0.3) is 11.1 Å². The molecule has 2 aromatic heterocycles. The van der Waals surface area contributed by atoms with E-state index >= 15 is 0 Å². The molecule has 0 unspecified atom stereocenters. The number of nitrogens with zero attached hydrogens (tertiary/aromatic N) is 4. The van der Waals surface area contributed by atoms with Crippen LogP contribution in [0.5, 0.6) is 0 Å². The number of likely N-dealkylation sites (N-methyl/N-ethyl adjacent to an activating group) is 1. The van der Waals surface area contributed by atoms with Crippen molar-refractivity contribution >= 4 is 17.0 Å². The maximum atomic E-state index is 13.1. The highest BCUT2D eigenvalue weighted by Gasteiger charge is 2.22. The van der Waals surface area contributed by atoms with E-state index in [1.54, 1.807) is 0 Å². The van der Waals surface area contributed by atoms with E-state index in [9.17, 15) is 4.79 Å². The van der Waals surface area contributed by atoms with Crippen molar-refractivity contribution in [2.24, 2.45) is 0 Å². The van der Waals surface area contributed by atoms with Gasteiger partial charge in [0.15, 0.2) is 0 Å². The first-order valence-corrected chi connectivity index (χ1v) is 9.35. The lowest BCUT2D eigenvalue weighted by molar-refractivity contribution is 0.0747. The zero-order valence-electron chi connectivity index (χ0n) is 15.5. The number of rotatable bonds is 5. The van der Waals surface area contributed by atoms with E-state index in [1.165, 1.54) is 25.7 Å². The van der Waals surface area contributed by atoms with Crippen molar-refractivity contribution in [1.82, 2.24) is 19.9 Å². The zero-order chi connectivity index (χ0) is 17.8. The minimum absolute atomic E-state index is 0.0409. The smallest absolute Gasteiger partial charge is 0.258 e. The molecule has 136 valence electrons. The fourth-order valence-corrected chi connectivity index (χ4v) is 3.58. The van der Waals surface area contributed by atoms with Crippen LogP contribution in [-0.4, -0.2) is 58.6 Å². The van der Waals surface area contributed by atoms with E-state index < -0.39 is 0 Å². The second kappa shape index (κ2) is 7.95. The molecule has 6 nitrogen and oxygen atoms in total. The van der Waals surface area contributed by atoms with Crippen molar-refractivity contribution in [2.75, 3.05) is 32.7 Å². The molecule has 3 heterocycles. The second-order valence-corrected chi connectivity index (χ2v) is 6.90. The van der Waals surface area contributed by atoms with Crippen molar-refractivity contribution in [3.05, 3.63) is 23.0 Å². The van der Waals surface area contributed by atoms with Crippen LogP contribution in [0.3, 0.4) is 0 Å². The molecule has 0 aliphatic carbocycles. The van der Waals surface area contributed by atoms with Gasteiger partial charge in [0, 0.05) is 25.3 Å². The first-order valence-electron chi connectivity index (χ1n) is 9.35. The molecule has 2 aromatic rings. The SMILES string of the molecule is CCN(CCN1CCCCCC1)C(=O)c1cc(C)nc2onc(C)c12. The fraction of sp³-hybridized carbons (Fsp3) is 0.632. The Morgan fingerprint density at radius 1 is 1.24 bits per heavy atom. The molecule has 1 amide bonds. The highest BCUT2D eigenvalue weighted by molar-refractivity contribution is 6.06. The maximum absolute atomic E-state index is 13.1. The molecule has 1 aliphatic heterocycles. The fourth-order valence-electron chi connectivity index (χ4n) is 3.58. The molecule has 0 saturated carbocycles. The van der Waals surface area contributed by atoms with Gasteiger partial charge in [0.1, 0.15) is 0 Å². The summed E-state index contributed by atoms with van der Waals surface area (Å²) >= 11 is 0. The van der Waals surface area contributed by atoms with Gasteiger partial charge < -0.3 is 14.3 Å². The number of hydrogen-bond donors (Lipinski definition) is 0. The van der Waals surface area contributed by atoms with Crippen LogP contribution >= 0.6 is 0 Å². The van der Waals surface area contributed by atoms with Gasteiger partial charge in [-0.15, -0.1) is 0 Å². The largest absolute Gasteiger partial charge is 0.338 e. The summed E-state index contributed by atoms with van der Waals surface area (Å²) in [5.41, 5.74) is 2.59. The molecule has 1 fully saturated rings. The third-order valence-corrected chi connectivity index (χ3v) is 5.03. The lowest BCUT2D eigenvalue weighted by Crippen LogP contribution is -2.39. The number of carbonyl (C=O) groups is 1. The highest BCUT2D eigenvalue weighted by atomic mass is 16.5. The van der Waals surface area contributed by atoms with Gasteiger partial charge in [-0.25, -0.2) is 4.98 Å². The summed E-state index contributed by atoms with van der Waals surface area (Å²) in [5.74, 6) is 0.0409. The Kier molecular flexibility index (Phi) is 5.68. The minimum atomic E-state index is 0.0409. The van der Waals surface area contributed by atoms with E-state index in [0.29, 0.717) is 17.8 Å². The van der Waals surface area contributed by atoms with Crippen molar-refractivity contribution < 1.29 is 9.32 Å². The number of hydrogen-bond acceptors (Lipinski definition) is 5. The molecule has 0 spiro atoms. The average molecular weight is 344 g/mol. The third-order valence-electron chi connectivity index (χ3n) is 5.03. The van der Waals surface area contributed by atoms with Gasteiger partial charge in [-0.3, -0.25) is 4.79 Å². The quantitative estimate of drug-likeness (QED) is 0.833. The Morgan fingerprint density at radius 2 is 1.96 bits per heavy atom. The Labute approximate surface area is 149 Å². The van der Waals surface area contributed by atoms with Crippen LogP contribution in [0.1, 0.15) is 54.4 Å². The molecule has 0 bridgehead atoms. The number of aromatic nitrogens is 2. The average Bonchev–Trinajstić information content (AvgIpc) is 2.82. The summed E-state index contributed by atoms with van der Waals surface area (Å²) in [7, 11) is 0. The predicted molar refractivity (Wildman–Crippen MR) is 97.8 cm³/mol. The Bertz CT molecular complexity index is 732. The van der Waals surface area contributed by atoms with Crippen LogP contribution in [-0.2, 0) is 0 Å². The van der Waals surface area contributed by atoms with Gasteiger partial charge in [-0.1, -0.05) is 18.0 Å². The van der Waals surface area contributed by atoms with Gasteiger partial charge in [-0.2, -0.15) is 0 Å². The molecular formula is C19H28N4O2. The minimum Gasteiger partial charge on any atom is -0.338 e. The standard InChI is InChI=1S/C19H28N4O2/c1-4-23(12-11-22-9-7-5-6-8-10-22)19(24)16-13-14(2)20-18-17(16)15(3)21-25-18/h13H,4-12H2,1-3H3. The summed E-state index contributed by atoms with van der Waals surface area (Å²) in [5, 5.41) is 4.72. The van der Waals surface area contributed by atoms with E-state index in [1.807, 2.05) is 31.7 Å². The second-order valence-electron chi connectivity index (χ2n) is 6.90. The molecular weight excluding hydrogens is 316 g/mol. The Balaban J connectivity index is 1.77. The number of likely N-dealkylation sites (tertiary alicyclic amines) is 1. The molecule has 25 heavy (non-hydrogen) atoms. The Hall–Kier alpha value is -1.95. The molecule has 0 atom stereocenters. The van der Waals surface area contributed by atoms with Gasteiger partial charge in [0.2, 0.25) is 0 Å². The summed E-state index contributed by atoms with van der Waals surface area (Å²) in [6.07, 6.45) is 5.19. The van der Waals surface area contributed by atoms with E-state index in [4.69, 9.17) is 4.52 Å². The molecule has 3 rings (SSSR count). The van der Waals surface area contributed by atoms with Crippen molar-refractivity contribution in [2.45, 2.75) is 46.5 Å². The van der Waals surface area contributed by atoms with Crippen LogP contribution < -0.4 is 0 Å². The number of carbonyl (C=O) groups excluding carboxylic acids is 1. The predicted octanol–water partition coefficient (Wildman–Crippen LogP) is 3.18. The molecule has 0 radical (unpaired) electrons. The maximum Gasteiger partial charge on any atom is 0.258 e. The number of amides is 1. The summed E-state index contributed by atoms with van der Waals surface area (Å²) < 4.78 is 5.26. The van der Waals surface area contributed by atoms with Crippen LogP contribution in [0, 0.1) is 13.8 Å². The lowest BCUT2D eigenvalue weighted by atomic mass is 10.1. The van der Waals surface area contributed by atoms with E-state index in [0.717, 1.165) is 43.0 Å². The molecule has 1 aliphatic rings. The van der Waals surface area contributed by atoms with Gasteiger partial charge in [0.05, 0.1) is 16.6 Å². The molecule has 1 saturated heterocycles. The lowest BCUT2D eigenvalue weighted by Gasteiger charge is -2.26. The van der Waals surface area contributed by atoms with Crippen molar-refractivity contribution in [1.29, 1.82) is 0 Å². The first kappa shape index (κ1) is 17.9. The number of aryl methyl sites for hydroxylation is 2. The summed E-state index contributed by atoms with van der Waals surface area (Å²) in [6, 6.07) is 1.85. The van der Waals surface area contributed by atoms with Gasteiger partial charge in [0.25, 0.3) is 11.6 Å². The topological polar surface area (TPSA) is 62.5 Å². The van der Waals surface area contributed by atoms with E-state index in [2.05, 4.69) is 15.0 Å². The van der Waals surface area contributed by atoms with Crippen LogP contribution in [0.4, 0.5) is 0 Å². The number of pyridine rings is 1. The summed E-state index contributed by atoms with van der Waals surface area (Å²) in [6.45, 7) is 10.4. The normalized spacial score (nSPS) is 16.1. The van der Waals surface area contributed by atoms with Crippen molar-refractivity contribution in [3.63, 3.8) is 0 Å². The zero-order valence-corrected chi connectivity index (χ0v) is 15.5. The highest BCUT2D eigenvalue weighted by Crippen LogP contribution is 2.23. The van der Waals surface area contributed by atoms with Crippen LogP contribution in [0.2, 0.25) is 0 Å². The molecule has 0 N–H and O–H groups in total. The summed E-state index contributed by atoms with van der Waals surface area (Å²) in [4.78, 5) is 21.9.